The fourth-order valence-corrected chi connectivity index (χ4v) is 2.13. The zero-order chi connectivity index (χ0) is 19.6. The van der Waals surface area contributed by atoms with Crippen molar-refractivity contribution in [3.63, 3.8) is 0 Å². The highest BCUT2D eigenvalue weighted by molar-refractivity contribution is 5.94. The fourth-order valence-electron chi connectivity index (χ4n) is 2.13. The molecule has 0 saturated heterocycles. The Morgan fingerprint density at radius 1 is 0.852 bits per heavy atom. The van der Waals surface area contributed by atoms with E-state index in [0.717, 1.165) is 0 Å². The van der Waals surface area contributed by atoms with Gasteiger partial charge in [0.25, 0.3) is 0 Å². The molecule has 0 heterocycles. The van der Waals surface area contributed by atoms with Gasteiger partial charge in [-0.25, -0.2) is 9.59 Å². The van der Waals surface area contributed by atoms with Crippen LogP contribution in [-0.4, -0.2) is 44.7 Å². The molecule has 0 saturated carbocycles. The maximum absolute atomic E-state index is 11.7. The molecule has 0 radical (unpaired) electrons. The lowest BCUT2D eigenvalue weighted by atomic mass is 10.1. The number of carbonyl (C=O) groups is 3. The summed E-state index contributed by atoms with van der Waals surface area (Å²) in [6.07, 6.45) is 0. The molecule has 142 valence electrons. The van der Waals surface area contributed by atoms with Gasteiger partial charge in [0.2, 0.25) is 0 Å². The quantitative estimate of drug-likeness (QED) is 0.380. The number of benzene rings is 2. The molecule has 0 N–H and O–H groups in total. The van der Waals surface area contributed by atoms with Crippen LogP contribution in [-0.2, 0) is 14.3 Å². The minimum atomic E-state index is -0.622. The Morgan fingerprint density at radius 2 is 1.56 bits per heavy atom. The summed E-state index contributed by atoms with van der Waals surface area (Å²) in [6.45, 7) is 0.955. The summed E-state index contributed by atoms with van der Waals surface area (Å²) in [6, 6.07) is 13.2. The highest BCUT2D eigenvalue weighted by Gasteiger charge is 2.12. The van der Waals surface area contributed by atoms with E-state index in [0.29, 0.717) is 22.6 Å². The molecule has 0 fully saturated rings. The molecule has 2 rings (SSSR count). The standard InChI is InChI=1S/C20H20O7/c1-14(21)16-8-9-17(18(12-16)24-2)27-13-19(22)25-10-11-26-20(23)15-6-4-3-5-7-15/h3-9,12H,10-11,13H2,1-2H3. The summed E-state index contributed by atoms with van der Waals surface area (Å²) in [5.74, 6) is -0.562. The Hall–Kier alpha value is -3.35. The average molecular weight is 372 g/mol. The number of ether oxygens (including phenoxy) is 4. The number of rotatable bonds is 9. The van der Waals surface area contributed by atoms with Crippen LogP contribution in [0.15, 0.2) is 48.5 Å². The van der Waals surface area contributed by atoms with Crippen LogP contribution in [0.5, 0.6) is 11.5 Å². The summed E-state index contributed by atoms with van der Waals surface area (Å²) < 4.78 is 20.5. The molecule has 0 aromatic heterocycles. The third-order valence-electron chi connectivity index (χ3n) is 3.50. The number of hydrogen-bond acceptors (Lipinski definition) is 7. The number of Topliss-reactive ketones (excluding diaryl/α,β-unsaturated/α-hetero) is 1. The van der Waals surface area contributed by atoms with E-state index in [9.17, 15) is 14.4 Å². The summed E-state index contributed by atoms with van der Waals surface area (Å²) in [4.78, 5) is 34.8. The van der Waals surface area contributed by atoms with Crippen molar-refractivity contribution in [2.75, 3.05) is 26.9 Å². The lowest BCUT2D eigenvalue weighted by Crippen LogP contribution is -2.19. The Balaban J connectivity index is 1.73. The third kappa shape index (κ3) is 6.14. The molecule has 7 nitrogen and oxygen atoms in total. The van der Waals surface area contributed by atoms with E-state index in [1.165, 1.54) is 20.1 Å². The van der Waals surface area contributed by atoms with E-state index in [2.05, 4.69) is 0 Å². The van der Waals surface area contributed by atoms with E-state index in [1.807, 2.05) is 0 Å². The molecule has 0 unspecified atom stereocenters. The molecule has 0 spiro atoms. The number of hydrogen-bond donors (Lipinski definition) is 0. The van der Waals surface area contributed by atoms with Crippen LogP contribution in [0.4, 0.5) is 0 Å². The van der Waals surface area contributed by atoms with Crippen molar-refractivity contribution in [2.45, 2.75) is 6.92 Å². The minimum absolute atomic E-state index is 0.0594. The Kier molecular flexibility index (Phi) is 7.37. The summed E-state index contributed by atoms with van der Waals surface area (Å²) in [7, 11) is 1.44. The molecule has 2 aromatic carbocycles. The minimum Gasteiger partial charge on any atom is -0.493 e. The zero-order valence-corrected chi connectivity index (χ0v) is 15.1. The molecular formula is C20H20O7. The van der Waals surface area contributed by atoms with E-state index < -0.39 is 11.9 Å². The van der Waals surface area contributed by atoms with Gasteiger partial charge in [0.1, 0.15) is 13.2 Å². The predicted octanol–water partition coefficient (Wildman–Crippen LogP) is 2.68. The second-order valence-electron chi connectivity index (χ2n) is 5.43. The van der Waals surface area contributed by atoms with Crippen molar-refractivity contribution in [3.05, 3.63) is 59.7 Å². The molecule has 0 aliphatic carbocycles. The molecule has 0 bridgehead atoms. The zero-order valence-electron chi connectivity index (χ0n) is 15.1. The van der Waals surface area contributed by atoms with Gasteiger partial charge in [-0.15, -0.1) is 0 Å². The van der Waals surface area contributed by atoms with Crippen molar-refractivity contribution in [1.29, 1.82) is 0 Å². The molecular weight excluding hydrogens is 352 g/mol. The monoisotopic (exact) mass is 372 g/mol. The fraction of sp³-hybridized carbons (Fsp3) is 0.250. The molecule has 0 aliphatic heterocycles. The van der Waals surface area contributed by atoms with Crippen LogP contribution in [0.2, 0.25) is 0 Å². The maximum Gasteiger partial charge on any atom is 0.344 e. The summed E-state index contributed by atoms with van der Waals surface area (Å²) in [5, 5.41) is 0. The average Bonchev–Trinajstić information content (AvgIpc) is 2.69. The van der Waals surface area contributed by atoms with Crippen molar-refractivity contribution in [3.8, 4) is 11.5 Å². The first kappa shape index (κ1) is 20.0. The Labute approximate surface area is 156 Å². The van der Waals surface area contributed by atoms with Crippen molar-refractivity contribution >= 4 is 17.7 Å². The van der Waals surface area contributed by atoms with Crippen molar-refractivity contribution < 1.29 is 33.3 Å². The van der Waals surface area contributed by atoms with E-state index in [1.54, 1.807) is 42.5 Å². The van der Waals surface area contributed by atoms with Gasteiger partial charge in [-0.1, -0.05) is 18.2 Å². The van der Waals surface area contributed by atoms with Gasteiger partial charge in [0.05, 0.1) is 12.7 Å². The number of esters is 2. The lowest BCUT2D eigenvalue weighted by Gasteiger charge is -2.11. The van der Waals surface area contributed by atoms with Crippen LogP contribution in [0.25, 0.3) is 0 Å². The van der Waals surface area contributed by atoms with Crippen LogP contribution in [0, 0.1) is 0 Å². The van der Waals surface area contributed by atoms with Crippen molar-refractivity contribution in [2.24, 2.45) is 0 Å². The molecule has 0 aliphatic rings. The first-order valence-corrected chi connectivity index (χ1v) is 8.21. The van der Waals surface area contributed by atoms with Gasteiger partial charge in [-0.2, -0.15) is 0 Å². The second kappa shape index (κ2) is 9.96. The molecule has 27 heavy (non-hydrogen) atoms. The number of methoxy groups -OCH3 is 1. The summed E-state index contributed by atoms with van der Waals surface area (Å²) in [5.41, 5.74) is 0.898. The highest BCUT2D eigenvalue weighted by atomic mass is 16.6. The topological polar surface area (TPSA) is 88.1 Å². The van der Waals surface area contributed by atoms with Crippen LogP contribution < -0.4 is 9.47 Å². The van der Waals surface area contributed by atoms with Crippen LogP contribution in [0.3, 0.4) is 0 Å². The van der Waals surface area contributed by atoms with Gasteiger partial charge >= 0.3 is 11.9 Å². The first-order valence-electron chi connectivity index (χ1n) is 8.21. The SMILES string of the molecule is COc1cc(C(C)=O)ccc1OCC(=O)OCCOC(=O)c1ccccc1. The highest BCUT2D eigenvalue weighted by Crippen LogP contribution is 2.28. The third-order valence-corrected chi connectivity index (χ3v) is 3.50. The lowest BCUT2D eigenvalue weighted by molar-refractivity contribution is -0.147. The van der Waals surface area contributed by atoms with Gasteiger partial charge in [-0.3, -0.25) is 4.79 Å². The smallest absolute Gasteiger partial charge is 0.344 e. The molecule has 0 atom stereocenters. The first-order chi connectivity index (χ1) is 13.0. The maximum atomic E-state index is 11.7. The number of carbonyl (C=O) groups excluding carboxylic acids is 3. The van der Waals surface area contributed by atoms with E-state index >= 15 is 0 Å². The van der Waals surface area contributed by atoms with Crippen LogP contribution >= 0.6 is 0 Å². The van der Waals surface area contributed by atoms with Gasteiger partial charge in [0.15, 0.2) is 23.9 Å². The van der Waals surface area contributed by atoms with Gasteiger partial charge in [0, 0.05) is 5.56 Å². The van der Waals surface area contributed by atoms with E-state index in [4.69, 9.17) is 18.9 Å². The normalized spacial score (nSPS) is 10.0. The second-order valence-corrected chi connectivity index (χ2v) is 5.43. The van der Waals surface area contributed by atoms with Crippen molar-refractivity contribution in [1.82, 2.24) is 0 Å². The Bertz CT molecular complexity index is 799. The van der Waals surface area contributed by atoms with Gasteiger partial charge in [-0.05, 0) is 37.3 Å². The largest absolute Gasteiger partial charge is 0.493 e. The predicted molar refractivity (Wildman–Crippen MR) is 96.2 cm³/mol. The molecule has 7 heteroatoms. The summed E-state index contributed by atoms with van der Waals surface area (Å²) >= 11 is 0. The van der Waals surface area contributed by atoms with Gasteiger partial charge < -0.3 is 18.9 Å². The molecule has 2 aromatic rings. The number of ketones is 1. The Morgan fingerprint density at radius 3 is 2.22 bits per heavy atom. The molecule has 0 amide bonds. The van der Waals surface area contributed by atoms with Crippen LogP contribution in [0.1, 0.15) is 27.6 Å². The van der Waals surface area contributed by atoms with E-state index in [-0.39, 0.29) is 25.6 Å².